The number of carbonyl (C=O) groups excluding carboxylic acids is 2. The first-order chi connectivity index (χ1) is 10.6. The number of hydrogen-bond donors (Lipinski definition) is 1. The lowest BCUT2D eigenvalue weighted by Crippen LogP contribution is -2.39. The number of halogens is 2. The lowest BCUT2D eigenvalue weighted by Gasteiger charge is -2.18. The average molecular weight is 370 g/mol. The third-order valence-corrected chi connectivity index (χ3v) is 3.96. The molecule has 2 rings (SSSR count). The molecule has 5 nitrogen and oxygen atoms in total. The van der Waals surface area contributed by atoms with E-state index < -0.39 is 0 Å². The van der Waals surface area contributed by atoms with Crippen LogP contribution in [-0.4, -0.2) is 36.0 Å². The van der Waals surface area contributed by atoms with Crippen LogP contribution in [0.3, 0.4) is 0 Å². The van der Waals surface area contributed by atoms with E-state index in [-0.39, 0.29) is 24.2 Å². The van der Waals surface area contributed by atoms with Crippen LogP contribution >= 0.6 is 15.9 Å². The first-order valence-electron chi connectivity index (χ1n) is 7.11. The second-order valence-electron chi connectivity index (χ2n) is 5.09. The van der Waals surface area contributed by atoms with Gasteiger partial charge in [0.25, 0.3) is 5.91 Å². The Morgan fingerprint density at radius 1 is 1.41 bits per heavy atom. The molecule has 0 unspecified atom stereocenters. The average Bonchev–Trinajstić information content (AvgIpc) is 2.68. The molecule has 0 radical (unpaired) electrons. The Kier molecular flexibility index (Phi) is 6.06. The molecular weight excluding hydrogens is 353 g/mol. The van der Waals surface area contributed by atoms with Crippen LogP contribution in [0.25, 0.3) is 0 Å². The fourth-order valence-electron chi connectivity index (χ4n) is 2.19. The molecule has 1 aliphatic heterocycles. The number of amides is 2. The van der Waals surface area contributed by atoms with Gasteiger partial charge in [0.2, 0.25) is 5.91 Å². The third-order valence-electron chi connectivity index (χ3n) is 3.35. The Bertz CT molecular complexity index is 592. The maximum atomic E-state index is 13.1. The van der Waals surface area contributed by atoms with Crippen LogP contribution in [0.1, 0.15) is 31.2 Å². The summed E-state index contributed by atoms with van der Waals surface area (Å²) in [5.41, 5.74) is 3.03. The number of nitrogens with zero attached hydrogens (tertiary/aromatic N) is 2. The van der Waals surface area contributed by atoms with Crippen LogP contribution in [0.4, 0.5) is 4.39 Å². The molecule has 1 aromatic carbocycles. The monoisotopic (exact) mass is 369 g/mol. The molecule has 0 saturated carbocycles. The fraction of sp³-hybridized carbons (Fsp3) is 0.400. The molecule has 22 heavy (non-hydrogen) atoms. The number of benzene rings is 1. The second-order valence-corrected chi connectivity index (χ2v) is 5.95. The molecule has 0 spiro atoms. The van der Waals surface area contributed by atoms with Gasteiger partial charge in [-0.15, -0.1) is 0 Å². The van der Waals surface area contributed by atoms with Crippen LogP contribution < -0.4 is 5.43 Å². The molecule has 0 atom stereocenters. The molecule has 1 heterocycles. The van der Waals surface area contributed by atoms with Crippen molar-refractivity contribution in [1.29, 1.82) is 0 Å². The van der Waals surface area contributed by atoms with Crippen molar-refractivity contribution in [3.05, 3.63) is 34.1 Å². The summed E-state index contributed by atoms with van der Waals surface area (Å²) in [6, 6.07) is 4.42. The highest BCUT2D eigenvalue weighted by molar-refractivity contribution is 9.10. The Morgan fingerprint density at radius 3 is 3.00 bits per heavy atom. The van der Waals surface area contributed by atoms with E-state index in [1.165, 1.54) is 12.3 Å². The van der Waals surface area contributed by atoms with Gasteiger partial charge in [-0.05, 0) is 46.5 Å². The van der Waals surface area contributed by atoms with Gasteiger partial charge >= 0.3 is 0 Å². The van der Waals surface area contributed by atoms with Crippen molar-refractivity contribution in [3.8, 4) is 0 Å². The third kappa shape index (κ3) is 4.91. The van der Waals surface area contributed by atoms with E-state index in [0.29, 0.717) is 23.0 Å². The molecule has 118 valence electrons. The zero-order chi connectivity index (χ0) is 15.9. The van der Waals surface area contributed by atoms with Gasteiger partial charge in [0.15, 0.2) is 0 Å². The number of carbonyl (C=O) groups is 2. The summed E-state index contributed by atoms with van der Waals surface area (Å²) < 4.78 is 13.4. The highest BCUT2D eigenvalue weighted by Crippen LogP contribution is 2.15. The maximum Gasteiger partial charge on any atom is 0.259 e. The van der Waals surface area contributed by atoms with Crippen LogP contribution in [0, 0.1) is 5.82 Å². The fourth-order valence-corrected chi connectivity index (χ4v) is 2.58. The summed E-state index contributed by atoms with van der Waals surface area (Å²) in [6.07, 6.45) is 4.74. The van der Waals surface area contributed by atoms with Crippen LogP contribution in [0.15, 0.2) is 27.8 Å². The van der Waals surface area contributed by atoms with Crippen molar-refractivity contribution in [2.24, 2.45) is 5.10 Å². The Balaban J connectivity index is 1.85. The number of nitrogens with one attached hydrogen (secondary N) is 1. The SMILES string of the molecule is O=C(CN1CCCCCC1=O)N/N=C\c1ccc(F)c(Br)c1. The lowest BCUT2D eigenvalue weighted by atomic mass is 10.2. The van der Waals surface area contributed by atoms with Gasteiger partial charge in [0.1, 0.15) is 12.4 Å². The van der Waals surface area contributed by atoms with Crippen molar-refractivity contribution in [2.75, 3.05) is 13.1 Å². The second kappa shape index (κ2) is 8.03. The molecule has 0 aliphatic carbocycles. The van der Waals surface area contributed by atoms with Crippen molar-refractivity contribution >= 4 is 34.0 Å². The van der Waals surface area contributed by atoms with Gasteiger partial charge < -0.3 is 4.90 Å². The van der Waals surface area contributed by atoms with Gasteiger partial charge in [0, 0.05) is 13.0 Å². The minimum Gasteiger partial charge on any atom is -0.333 e. The van der Waals surface area contributed by atoms with Gasteiger partial charge in [-0.25, -0.2) is 9.82 Å². The number of hydrogen-bond acceptors (Lipinski definition) is 3. The van der Waals surface area contributed by atoms with E-state index in [0.717, 1.165) is 19.3 Å². The summed E-state index contributed by atoms with van der Waals surface area (Å²) in [5, 5.41) is 3.82. The normalized spacial score (nSPS) is 15.9. The van der Waals surface area contributed by atoms with E-state index in [1.54, 1.807) is 17.0 Å². The smallest absolute Gasteiger partial charge is 0.259 e. The predicted molar refractivity (Wildman–Crippen MR) is 84.9 cm³/mol. The molecule has 0 aromatic heterocycles. The van der Waals surface area contributed by atoms with E-state index in [9.17, 15) is 14.0 Å². The summed E-state index contributed by atoms with van der Waals surface area (Å²) in [7, 11) is 0. The quantitative estimate of drug-likeness (QED) is 0.654. The van der Waals surface area contributed by atoms with Crippen LogP contribution in [0.5, 0.6) is 0 Å². The topological polar surface area (TPSA) is 61.8 Å². The Labute approximate surface area is 136 Å². The lowest BCUT2D eigenvalue weighted by molar-refractivity contribution is -0.135. The minimum absolute atomic E-state index is 0.0131. The number of hydrazone groups is 1. The van der Waals surface area contributed by atoms with E-state index >= 15 is 0 Å². The molecule has 7 heteroatoms. The molecular formula is C15H17BrFN3O2. The summed E-state index contributed by atoms with van der Waals surface area (Å²) in [6.45, 7) is 0.629. The molecule has 0 bridgehead atoms. The molecule has 1 N–H and O–H groups in total. The van der Waals surface area contributed by atoms with Gasteiger partial charge in [-0.1, -0.05) is 12.5 Å². The van der Waals surface area contributed by atoms with Crippen molar-refractivity contribution in [2.45, 2.75) is 25.7 Å². The molecule has 1 aliphatic rings. The van der Waals surface area contributed by atoms with Crippen molar-refractivity contribution in [1.82, 2.24) is 10.3 Å². The van der Waals surface area contributed by atoms with Gasteiger partial charge in [0.05, 0.1) is 10.7 Å². The number of likely N-dealkylation sites (tertiary alicyclic amines) is 1. The summed E-state index contributed by atoms with van der Waals surface area (Å²) in [5.74, 6) is -0.687. The van der Waals surface area contributed by atoms with Crippen LogP contribution in [0.2, 0.25) is 0 Å². The largest absolute Gasteiger partial charge is 0.333 e. The number of rotatable bonds is 4. The summed E-state index contributed by atoms with van der Waals surface area (Å²) in [4.78, 5) is 25.1. The zero-order valence-electron chi connectivity index (χ0n) is 12.0. The van der Waals surface area contributed by atoms with Gasteiger partial charge in [-0.3, -0.25) is 9.59 Å². The predicted octanol–water partition coefficient (Wildman–Crippen LogP) is 2.44. The zero-order valence-corrected chi connectivity index (χ0v) is 13.6. The molecule has 1 saturated heterocycles. The molecule has 1 fully saturated rings. The Hall–Kier alpha value is -1.76. The maximum absolute atomic E-state index is 13.1. The van der Waals surface area contributed by atoms with Crippen molar-refractivity contribution in [3.63, 3.8) is 0 Å². The van der Waals surface area contributed by atoms with E-state index in [2.05, 4.69) is 26.5 Å². The van der Waals surface area contributed by atoms with Crippen molar-refractivity contribution < 1.29 is 14.0 Å². The van der Waals surface area contributed by atoms with E-state index in [4.69, 9.17) is 0 Å². The first-order valence-corrected chi connectivity index (χ1v) is 7.90. The highest BCUT2D eigenvalue weighted by atomic mass is 79.9. The van der Waals surface area contributed by atoms with E-state index in [1.807, 2.05) is 0 Å². The summed E-state index contributed by atoms with van der Waals surface area (Å²) >= 11 is 3.08. The Morgan fingerprint density at radius 2 is 2.23 bits per heavy atom. The minimum atomic E-state index is -0.360. The molecule has 1 aromatic rings. The standard InChI is InChI=1S/C15H17BrFN3O2/c16-12-8-11(5-6-13(12)17)9-18-19-14(21)10-20-7-3-1-2-4-15(20)22/h5-6,8-9H,1-4,7,10H2,(H,19,21)/b18-9-. The van der Waals surface area contributed by atoms with Gasteiger partial charge in [-0.2, -0.15) is 5.10 Å². The molecule has 2 amide bonds. The highest BCUT2D eigenvalue weighted by Gasteiger charge is 2.18. The van der Waals surface area contributed by atoms with Crippen LogP contribution in [-0.2, 0) is 9.59 Å². The first kappa shape index (κ1) is 16.6.